The molecule has 0 aliphatic carbocycles. The highest BCUT2D eigenvalue weighted by molar-refractivity contribution is 5.81. The first kappa shape index (κ1) is 10.2. The van der Waals surface area contributed by atoms with Gasteiger partial charge >= 0.3 is 5.97 Å². The zero-order valence-corrected chi connectivity index (χ0v) is 7.33. The van der Waals surface area contributed by atoms with E-state index in [-0.39, 0.29) is 5.97 Å². The summed E-state index contributed by atoms with van der Waals surface area (Å²) in [5.74, 6) is -0.297. The molecule has 0 heterocycles. The molecule has 3 nitrogen and oxygen atoms in total. The molecule has 0 spiro atoms. The van der Waals surface area contributed by atoms with Crippen molar-refractivity contribution in [3.63, 3.8) is 0 Å². The topological polar surface area (TPSA) is 29.5 Å². The number of carbonyl (C=O) groups excluding carboxylic acids is 1. The molecule has 3 heteroatoms. The fraction of sp³-hybridized carbons (Fsp3) is 0.625. The number of esters is 1. The van der Waals surface area contributed by atoms with Gasteiger partial charge in [-0.05, 0) is 13.6 Å². The van der Waals surface area contributed by atoms with Crippen molar-refractivity contribution < 1.29 is 9.53 Å². The highest BCUT2D eigenvalue weighted by atomic mass is 16.5. The van der Waals surface area contributed by atoms with E-state index in [1.54, 1.807) is 6.08 Å². The Bertz CT molecular complexity index is 143. The Kier molecular flexibility index (Phi) is 5.47. The molecule has 0 atom stereocenters. The van der Waals surface area contributed by atoms with E-state index in [9.17, 15) is 4.79 Å². The molecule has 0 radical (unpaired) electrons. The van der Waals surface area contributed by atoms with Gasteiger partial charge in [0.2, 0.25) is 0 Å². The average molecular weight is 157 g/mol. The van der Waals surface area contributed by atoms with E-state index in [4.69, 9.17) is 0 Å². The highest BCUT2D eigenvalue weighted by Crippen LogP contribution is 1.83. The molecule has 0 aromatic rings. The molecular formula is C8H15NO2. The van der Waals surface area contributed by atoms with Crippen LogP contribution >= 0.6 is 0 Å². The van der Waals surface area contributed by atoms with Crippen LogP contribution in [0.4, 0.5) is 0 Å². The van der Waals surface area contributed by atoms with E-state index in [2.05, 4.69) is 16.6 Å². The lowest BCUT2D eigenvalue weighted by molar-refractivity contribution is -0.134. The second-order valence-electron chi connectivity index (χ2n) is 2.28. The Labute approximate surface area is 67.6 Å². The molecule has 0 unspecified atom stereocenters. The summed E-state index contributed by atoms with van der Waals surface area (Å²) in [7, 11) is 3.36. The molecule has 11 heavy (non-hydrogen) atoms. The highest BCUT2D eigenvalue weighted by Gasteiger charge is 1.91. The summed E-state index contributed by atoms with van der Waals surface area (Å²) >= 11 is 0. The molecule has 0 aliphatic heterocycles. The molecule has 0 saturated heterocycles. The van der Waals surface area contributed by atoms with Gasteiger partial charge in [-0.25, -0.2) is 4.79 Å². The predicted molar refractivity (Wildman–Crippen MR) is 44.3 cm³/mol. The minimum Gasteiger partial charge on any atom is -0.466 e. The minimum absolute atomic E-state index is 0.297. The number of hydrogen-bond donors (Lipinski definition) is 0. The largest absolute Gasteiger partial charge is 0.466 e. The van der Waals surface area contributed by atoms with Crippen LogP contribution in [0.1, 0.15) is 6.92 Å². The second-order valence-corrected chi connectivity index (χ2v) is 2.28. The van der Waals surface area contributed by atoms with E-state index in [0.29, 0.717) is 0 Å². The standard InChI is InChI=1S/C8H15NO2/c1-4-9(2)7-5-6-8(10)11-3/h5-6H,4,7H2,1-3H3/b6-5+. The molecule has 0 aromatic carbocycles. The Balaban J connectivity index is 3.51. The molecule has 0 rings (SSSR count). The second kappa shape index (κ2) is 5.92. The van der Waals surface area contributed by atoms with E-state index in [1.807, 2.05) is 7.05 Å². The van der Waals surface area contributed by atoms with Crippen LogP contribution in [0.15, 0.2) is 12.2 Å². The summed E-state index contributed by atoms with van der Waals surface area (Å²) in [6.07, 6.45) is 3.22. The number of likely N-dealkylation sites (N-methyl/N-ethyl adjacent to an activating group) is 1. The lowest BCUT2D eigenvalue weighted by Gasteiger charge is -2.08. The van der Waals surface area contributed by atoms with Crippen LogP contribution in [0.25, 0.3) is 0 Å². The smallest absolute Gasteiger partial charge is 0.330 e. The molecule has 0 fully saturated rings. The first-order valence-corrected chi connectivity index (χ1v) is 3.63. The van der Waals surface area contributed by atoms with E-state index < -0.39 is 0 Å². The maximum atomic E-state index is 10.6. The number of rotatable bonds is 4. The van der Waals surface area contributed by atoms with Crippen LogP contribution < -0.4 is 0 Å². The summed E-state index contributed by atoms with van der Waals surface area (Å²) in [5, 5.41) is 0. The van der Waals surface area contributed by atoms with Crippen LogP contribution in [0.2, 0.25) is 0 Å². The SMILES string of the molecule is CCN(C)C/C=C/C(=O)OC. The van der Waals surface area contributed by atoms with Crippen molar-refractivity contribution in [2.45, 2.75) is 6.92 Å². The van der Waals surface area contributed by atoms with Gasteiger partial charge in [-0.3, -0.25) is 0 Å². The van der Waals surface area contributed by atoms with Gasteiger partial charge in [0.25, 0.3) is 0 Å². The minimum atomic E-state index is -0.297. The van der Waals surface area contributed by atoms with Crippen molar-refractivity contribution in [2.24, 2.45) is 0 Å². The van der Waals surface area contributed by atoms with Crippen molar-refractivity contribution in [1.29, 1.82) is 0 Å². The van der Waals surface area contributed by atoms with E-state index >= 15 is 0 Å². The van der Waals surface area contributed by atoms with Crippen molar-refractivity contribution >= 4 is 5.97 Å². The Morgan fingerprint density at radius 3 is 2.73 bits per heavy atom. The van der Waals surface area contributed by atoms with Crippen LogP contribution in [-0.4, -0.2) is 38.1 Å². The predicted octanol–water partition coefficient (Wildman–Crippen LogP) is 0.667. The third-order valence-electron chi connectivity index (χ3n) is 1.41. The first-order valence-electron chi connectivity index (χ1n) is 3.63. The lowest BCUT2D eigenvalue weighted by atomic mass is 10.4. The van der Waals surface area contributed by atoms with Crippen molar-refractivity contribution in [1.82, 2.24) is 4.90 Å². The number of methoxy groups -OCH3 is 1. The molecule has 0 aromatic heterocycles. The van der Waals surface area contributed by atoms with Gasteiger partial charge in [-0.1, -0.05) is 13.0 Å². The van der Waals surface area contributed by atoms with Crippen molar-refractivity contribution in [2.75, 3.05) is 27.2 Å². The van der Waals surface area contributed by atoms with Crippen LogP contribution in [-0.2, 0) is 9.53 Å². The summed E-state index contributed by atoms with van der Waals surface area (Å²) in [5.41, 5.74) is 0. The molecule has 0 bridgehead atoms. The van der Waals surface area contributed by atoms with Crippen molar-refractivity contribution in [3.05, 3.63) is 12.2 Å². The van der Waals surface area contributed by atoms with Crippen LogP contribution in [0, 0.1) is 0 Å². The fourth-order valence-corrected chi connectivity index (χ4v) is 0.526. The third kappa shape index (κ3) is 5.61. The molecule has 64 valence electrons. The average Bonchev–Trinajstić information content (AvgIpc) is 2.04. The number of ether oxygens (including phenoxy) is 1. The molecule has 0 N–H and O–H groups in total. The van der Waals surface area contributed by atoms with Crippen LogP contribution in [0.5, 0.6) is 0 Å². The monoisotopic (exact) mass is 157 g/mol. The summed E-state index contributed by atoms with van der Waals surface area (Å²) in [4.78, 5) is 12.6. The maximum absolute atomic E-state index is 10.6. The summed E-state index contributed by atoms with van der Waals surface area (Å²) < 4.78 is 4.42. The lowest BCUT2D eigenvalue weighted by Crippen LogP contribution is -2.17. The van der Waals surface area contributed by atoms with Gasteiger partial charge in [-0.2, -0.15) is 0 Å². The third-order valence-corrected chi connectivity index (χ3v) is 1.41. The molecule has 0 amide bonds. The summed E-state index contributed by atoms with van der Waals surface area (Å²) in [6, 6.07) is 0. The Hall–Kier alpha value is -0.830. The molecule has 0 saturated carbocycles. The van der Waals surface area contributed by atoms with Gasteiger partial charge in [0.05, 0.1) is 7.11 Å². The normalized spacial score (nSPS) is 10.9. The van der Waals surface area contributed by atoms with E-state index in [1.165, 1.54) is 13.2 Å². The van der Waals surface area contributed by atoms with Gasteiger partial charge in [0.15, 0.2) is 0 Å². The van der Waals surface area contributed by atoms with E-state index in [0.717, 1.165) is 13.1 Å². The Morgan fingerprint density at radius 2 is 2.27 bits per heavy atom. The van der Waals surface area contributed by atoms with Gasteiger partial charge in [-0.15, -0.1) is 0 Å². The zero-order valence-electron chi connectivity index (χ0n) is 7.33. The number of carbonyl (C=O) groups is 1. The van der Waals surface area contributed by atoms with Gasteiger partial charge in [0, 0.05) is 12.6 Å². The van der Waals surface area contributed by atoms with Gasteiger partial charge in [0.1, 0.15) is 0 Å². The fourth-order valence-electron chi connectivity index (χ4n) is 0.526. The number of hydrogen-bond acceptors (Lipinski definition) is 3. The summed E-state index contributed by atoms with van der Waals surface area (Å²) in [6.45, 7) is 3.82. The molecular weight excluding hydrogens is 142 g/mol. The maximum Gasteiger partial charge on any atom is 0.330 e. The van der Waals surface area contributed by atoms with Crippen molar-refractivity contribution in [3.8, 4) is 0 Å². The Morgan fingerprint density at radius 1 is 1.64 bits per heavy atom. The van der Waals surface area contributed by atoms with Gasteiger partial charge < -0.3 is 9.64 Å². The zero-order chi connectivity index (χ0) is 8.69. The number of nitrogens with zero attached hydrogens (tertiary/aromatic N) is 1. The quantitative estimate of drug-likeness (QED) is 0.443. The first-order chi connectivity index (χ1) is 5.20. The molecule has 0 aliphatic rings. The van der Waals surface area contributed by atoms with Crippen LogP contribution in [0.3, 0.4) is 0 Å².